The number of carbonyl (C=O) groups is 2. The zero-order valence-electron chi connectivity index (χ0n) is 19.2. The Bertz CT molecular complexity index is 1380. The molecule has 1 aliphatic heterocycles. The van der Waals surface area contributed by atoms with Gasteiger partial charge >= 0.3 is 0 Å². The molecule has 1 saturated heterocycles. The van der Waals surface area contributed by atoms with E-state index in [2.05, 4.69) is 5.32 Å². The number of nitrogens with zero attached hydrogens (tertiary/aromatic N) is 1. The monoisotopic (exact) mass is 558 g/mol. The highest BCUT2D eigenvalue weighted by atomic mass is 35.5. The molecule has 0 atom stereocenters. The van der Waals surface area contributed by atoms with Gasteiger partial charge in [-0.1, -0.05) is 59.3 Å². The second-order valence-corrected chi connectivity index (χ2v) is 10.2. The van der Waals surface area contributed by atoms with Gasteiger partial charge in [-0.25, -0.2) is 0 Å². The number of thioether (sulfide) groups is 1. The van der Waals surface area contributed by atoms with Crippen LogP contribution in [0, 0.1) is 6.92 Å². The lowest BCUT2D eigenvalue weighted by molar-refractivity contribution is -0.118. The molecule has 184 valence electrons. The minimum Gasteiger partial charge on any atom is -0.493 e. The van der Waals surface area contributed by atoms with E-state index in [0.717, 1.165) is 11.1 Å². The third-order valence-electron chi connectivity index (χ3n) is 5.26. The summed E-state index contributed by atoms with van der Waals surface area (Å²) in [5, 5.41) is 3.93. The number of hydrogen-bond acceptors (Lipinski definition) is 6. The average molecular weight is 559 g/mol. The summed E-state index contributed by atoms with van der Waals surface area (Å²) in [7, 11) is 1.50. The Morgan fingerprint density at radius 2 is 1.86 bits per heavy atom. The standard InChI is InChI=1S/C26H20Cl2N2O4S2/c1-15-19(28)4-3-5-20(15)29-24(31)14-34-21-11-6-16(12-22(21)33-2)13-23-25(32)30(26(35)36-23)18-9-7-17(27)8-10-18/h3-13H,14H2,1-2H3,(H,29,31)/b23-13-. The predicted octanol–water partition coefficient (Wildman–Crippen LogP) is 6.73. The number of benzene rings is 3. The van der Waals surface area contributed by atoms with Crippen molar-refractivity contribution in [2.75, 3.05) is 23.9 Å². The fourth-order valence-electron chi connectivity index (χ4n) is 3.40. The van der Waals surface area contributed by atoms with Crippen molar-refractivity contribution in [1.29, 1.82) is 0 Å². The molecule has 1 aliphatic rings. The van der Waals surface area contributed by atoms with Gasteiger partial charge < -0.3 is 14.8 Å². The fourth-order valence-corrected chi connectivity index (χ4v) is 5.00. The highest BCUT2D eigenvalue weighted by Crippen LogP contribution is 2.37. The summed E-state index contributed by atoms with van der Waals surface area (Å²) in [4.78, 5) is 27.3. The molecule has 36 heavy (non-hydrogen) atoms. The van der Waals surface area contributed by atoms with Gasteiger partial charge in [0.05, 0.1) is 17.7 Å². The highest BCUT2D eigenvalue weighted by Gasteiger charge is 2.33. The van der Waals surface area contributed by atoms with Crippen molar-refractivity contribution in [3.8, 4) is 11.5 Å². The molecule has 6 nitrogen and oxygen atoms in total. The van der Waals surface area contributed by atoms with E-state index in [0.29, 0.717) is 42.1 Å². The van der Waals surface area contributed by atoms with Crippen molar-refractivity contribution in [1.82, 2.24) is 0 Å². The molecule has 1 heterocycles. The van der Waals surface area contributed by atoms with Crippen molar-refractivity contribution in [2.45, 2.75) is 6.92 Å². The lowest BCUT2D eigenvalue weighted by Crippen LogP contribution is -2.27. The number of amides is 2. The van der Waals surface area contributed by atoms with E-state index in [1.54, 1.807) is 66.7 Å². The Hall–Kier alpha value is -3.04. The van der Waals surface area contributed by atoms with Crippen LogP contribution in [0.4, 0.5) is 11.4 Å². The molecule has 0 aromatic heterocycles. The normalized spacial score (nSPS) is 14.3. The number of nitrogens with one attached hydrogen (secondary N) is 1. The number of rotatable bonds is 7. The summed E-state index contributed by atoms with van der Waals surface area (Å²) < 4.78 is 11.6. The lowest BCUT2D eigenvalue weighted by Gasteiger charge is -2.14. The fraction of sp³-hybridized carbons (Fsp3) is 0.115. The average Bonchev–Trinajstić information content (AvgIpc) is 3.14. The van der Waals surface area contributed by atoms with Crippen LogP contribution in [0.2, 0.25) is 10.0 Å². The van der Waals surface area contributed by atoms with Crippen molar-refractivity contribution in [3.05, 3.63) is 86.7 Å². The molecule has 3 aromatic rings. The molecule has 0 bridgehead atoms. The quantitative estimate of drug-likeness (QED) is 0.256. The molecule has 3 aromatic carbocycles. The van der Waals surface area contributed by atoms with Gasteiger partial charge in [0, 0.05) is 15.7 Å². The van der Waals surface area contributed by atoms with Gasteiger partial charge in [-0.15, -0.1) is 0 Å². The van der Waals surface area contributed by atoms with E-state index in [-0.39, 0.29) is 18.4 Å². The van der Waals surface area contributed by atoms with Gasteiger partial charge in [-0.05, 0) is 72.7 Å². The molecule has 10 heteroatoms. The molecule has 0 aliphatic carbocycles. The first kappa shape index (κ1) is 26.0. The van der Waals surface area contributed by atoms with Crippen LogP contribution >= 0.6 is 47.2 Å². The maximum Gasteiger partial charge on any atom is 0.270 e. The van der Waals surface area contributed by atoms with Crippen molar-refractivity contribution in [3.63, 3.8) is 0 Å². The van der Waals surface area contributed by atoms with Crippen LogP contribution in [-0.4, -0.2) is 29.9 Å². The van der Waals surface area contributed by atoms with Crippen LogP contribution in [-0.2, 0) is 9.59 Å². The topological polar surface area (TPSA) is 67.9 Å². The van der Waals surface area contributed by atoms with Gasteiger partial charge in [0.2, 0.25) is 0 Å². The van der Waals surface area contributed by atoms with Crippen molar-refractivity contribution in [2.24, 2.45) is 0 Å². The molecular weight excluding hydrogens is 539 g/mol. The van der Waals surface area contributed by atoms with Crippen molar-refractivity contribution < 1.29 is 19.1 Å². The van der Waals surface area contributed by atoms with Gasteiger partial charge in [0.15, 0.2) is 22.4 Å². The Kier molecular flexibility index (Phi) is 8.21. The van der Waals surface area contributed by atoms with Gasteiger partial charge in [-0.2, -0.15) is 0 Å². The zero-order valence-corrected chi connectivity index (χ0v) is 22.4. The van der Waals surface area contributed by atoms with Crippen LogP contribution in [0.15, 0.2) is 65.6 Å². The summed E-state index contributed by atoms with van der Waals surface area (Å²) >= 11 is 18.7. The SMILES string of the molecule is COc1cc(/C=C2\SC(=S)N(c3ccc(Cl)cc3)C2=O)ccc1OCC(=O)Nc1cccc(Cl)c1C. The first-order valence-corrected chi connectivity index (χ1v) is 12.6. The van der Waals surface area contributed by atoms with E-state index < -0.39 is 0 Å². The largest absolute Gasteiger partial charge is 0.493 e. The number of carbonyl (C=O) groups excluding carboxylic acids is 2. The number of ether oxygens (including phenoxy) is 2. The summed E-state index contributed by atoms with van der Waals surface area (Å²) in [6, 6.07) is 17.4. The van der Waals surface area contributed by atoms with E-state index >= 15 is 0 Å². The zero-order chi connectivity index (χ0) is 25.8. The van der Waals surface area contributed by atoms with E-state index in [9.17, 15) is 9.59 Å². The molecular formula is C26H20Cl2N2O4S2. The summed E-state index contributed by atoms with van der Waals surface area (Å²) in [6.07, 6.45) is 1.73. The smallest absolute Gasteiger partial charge is 0.270 e. The highest BCUT2D eigenvalue weighted by molar-refractivity contribution is 8.27. The Labute approximate surface area is 228 Å². The first-order valence-electron chi connectivity index (χ1n) is 10.7. The third-order valence-corrected chi connectivity index (χ3v) is 7.23. The Morgan fingerprint density at radius 3 is 2.58 bits per heavy atom. The predicted molar refractivity (Wildman–Crippen MR) is 150 cm³/mol. The number of methoxy groups -OCH3 is 1. The van der Waals surface area contributed by atoms with Gasteiger partial charge in [0.25, 0.3) is 11.8 Å². The third kappa shape index (κ3) is 5.84. The summed E-state index contributed by atoms with van der Waals surface area (Å²) in [5.74, 6) is 0.252. The van der Waals surface area contributed by atoms with E-state index in [1.165, 1.54) is 23.8 Å². The van der Waals surface area contributed by atoms with Gasteiger partial charge in [0.1, 0.15) is 0 Å². The molecule has 2 amide bonds. The number of halogens is 2. The van der Waals surface area contributed by atoms with E-state index in [1.807, 2.05) is 6.92 Å². The van der Waals surface area contributed by atoms with Crippen LogP contribution in [0.1, 0.15) is 11.1 Å². The minimum atomic E-state index is -0.336. The molecule has 1 fully saturated rings. The molecule has 0 spiro atoms. The van der Waals surface area contributed by atoms with Crippen LogP contribution < -0.4 is 19.7 Å². The first-order chi connectivity index (χ1) is 17.3. The maximum atomic E-state index is 13.0. The van der Waals surface area contributed by atoms with Crippen LogP contribution in [0.3, 0.4) is 0 Å². The van der Waals surface area contributed by atoms with Crippen LogP contribution in [0.25, 0.3) is 6.08 Å². The lowest BCUT2D eigenvalue weighted by atomic mass is 10.1. The second kappa shape index (κ2) is 11.3. The minimum absolute atomic E-state index is 0.221. The molecule has 0 radical (unpaired) electrons. The van der Waals surface area contributed by atoms with Crippen molar-refractivity contribution >= 4 is 80.8 Å². The number of thiocarbonyl (C=S) groups is 1. The Balaban J connectivity index is 1.45. The second-order valence-electron chi connectivity index (χ2n) is 7.65. The number of hydrogen-bond donors (Lipinski definition) is 1. The van der Waals surface area contributed by atoms with Crippen LogP contribution in [0.5, 0.6) is 11.5 Å². The molecule has 0 unspecified atom stereocenters. The van der Waals surface area contributed by atoms with E-state index in [4.69, 9.17) is 44.9 Å². The number of anilines is 2. The Morgan fingerprint density at radius 1 is 1.11 bits per heavy atom. The molecule has 0 saturated carbocycles. The summed E-state index contributed by atoms with van der Waals surface area (Å²) in [5.41, 5.74) is 2.76. The summed E-state index contributed by atoms with van der Waals surface area (Å²) in [6.45, 7) is 1.60. The van der Waals surface area contributed by atoms with Gasteiger partial charge in [-0.3, -0.25) is 14.5 Å². The molecule has 4 rings (SSSR count). The molecule has 1 N–H and O–H groups in total. The maximum absolute atomic E-state index is 13.0.